The van der Waals surface area contributed by atoms with Gasteiger partial charge in [-0.2, -0.15) is 0 Å². The quantitative estimate of drug-likeness (QED) is 0.378. The first-order chi connectivity index (χ1) is 2.91. The molecule has 1 nitrogen and oxygen atoms in total. The Hall–Kier alpha value is 0.492. The van der Waals surface area contributed by atoms with Crippen LogP contribution in [0.25, 0.3) is 0 Å². The minimum atomic E-state index is 0.876. The normalized spacial score (nSPS) is 8.83. The van der Waals surface area contributed by atoms with Gasteiger partial charge in [0.25, 0.3) is 0 Å². The summed E-state index contributed by atoms with van der Waals surface area (Å²) in [5.74, 6) is 0. The molecule has 0 heterocycles. The van der Waals surface area contributed by atoms with Gasteiger partial charge in [0.1, 0.15) is 0 Å². The minimum absolute atomic E-state index is 0.876. The summed E-state index contributed by atoms with van der Waals surface area (Å²) < 4.78 is 4.70. The van der Waals surface area contributed by atoms with E-state index >= 15 is 0 Å². The van der Waals surface area contributed by atoms with Gasteiger partial charge in [-0.1, -0.05) is 13.3 Å². The van der Waals surface area contributed by atoms with Crippen LogP contribution in [0.2, 0.25) is 0 Å². The second-order valence-corrected chi connectivity index (χ2v) is 1.56. The summed E-state index contributed by atoms with van der Waals surface area (Å²) in [5.41, 5.74) is 0. The molecule has 0 aromatic rings. The van der Waals surface area contributed by atoms with Crippen LogP contribution in [0.3, 0.4) is 0 Å². The second-order valence-electron chi connectivity index (χ2n) is 1.22. The Labute approximate surface area is 47.4 Å². The highest BCUT2D eigenvalue weighted by molar-refractivity contribution is 5.97. The van der Waals surface area contributed by atoms with Crippen LogP contribution in [0, 0.1) is 0 Å². The van der Waals surface area contributed by atoms with Gasteiger partial charge in [-0.15, -0.1) is 0 Å². The molecule has 0 spiro atoms. The van der Waals surface area contributed by atoms with Crippen LogP contribution < -0.4 is 0 Å². The average molecular weight is 100 g/mol. The average Bonchev–Trinajstić information content (AvgIpc) is 1.61. The van der Waals surface area contributed by atoms with Crippen molar-refractivity contribution >= 4 is 16.6 Å². The maximum absolute atomic E-state index is 4.70. The van der Waals surface area contributed by atoms with Gasteiger partial charge in [0.15, 0.2) is 0 Å². The zero-order valence-corrected chi connectivity index (χ0v) is 5.26. The van der Waals surface area contributed by atoms with Gasteiger partial charge in [-0.25, -0.2) is 0 Å². The van der Waals surface area contributed by atoms with Gasteiger partial charge >= 0.3 is 16.6 Å². The van der Waals surface area contributed by atoms with Gasteiger partial charge in [-0.3, -0.25) is 0 Å². The molecule has 0 unspecified atom stereocenters. The van der Waals surface area contributed by atoms with Crippen molar-refractivity contribution < 1.29 is 3.79 Å². The molecule has 0 saturated carbocycles. The third-order valence-electron chi connectivity index (χ3n) is 0.616. The zero-order valence-electron chi connectivity index (χ0n) is 4.11. The van der Waals surface area contributed by atoms with E-state index < -0.39 is 0 Å². The van der Waals surface area contributed by atoms with Crippen molar-refractivity contribution in [3.63, 3.8) is 0 Å². The molecule has 0 atom stereocenters. The van der Waals surface area contributed by atoms with E-state index in [1.165, 1.54) is 12.8 Å². The molecule has 0 bridgehead atoms. The number of hydrogen-bond acceptors (Lipinski definition) is 1. The molecule has 0 N–H and O–H groups in total. The lowest BCUT2D eigenvalue weighted by Gasteiger charge is -1.91. The fourth-order valence-corrected chi connectivity index (χ4v) is 0.394. The van der Waals surface area contributed by atoms with Crippen molar-refractivity contribution in [2.45, 2.75) is 19.8 Å². The highest BCUT2D eigenvalue weighted by atomic mass is 27.1. The summed E-state index contributed by atoms with van der Waals surface area (Å²) in [6.45, 7) is 3.02. The smallest absolute Gasteiger partial charge is 0.369 e. The van der Waals surface area contributed by atoms with E-state index in [0.29, 0.717) is 0 Å². The van der Waals surface area contributed by atoms with Gasteiger partial charge in [0.05, 0.1) is 0 Å². The van der Waals surface area contributed by atoms with E-state index in [9.17, 15) is 0 Å². The van der Waals surface area contributed by atoms with E-state index in [4.69, 9.17) is 3.79 Å². The lowest BCUT2D eigenvalue weighted by molar-refractivity contribution is 0.339. The predicted octanol–water partition coefficient (Wildman–Crippen LogP) is 0.887. The molecule has 2 radical (unpaired) electrons. The first kappa shape index (κ1) is 6.49. The summed E-state index contributed by atoms with van der Waals surface area (Å²) in [5, 5.41) is 0. The Morgan fingerprint density at radius 2 is 2.33 bits per heavy atom. The van der Waals surface area contributed by atoms with E-state index in [-0.39, 0.29) is 0 Å². The van der Waals surface area contributed by atoms with E-state index in [0.717, 1.165) is 6.61 Å². The monoisotopic (exact) mass is 100 g/mol. The maximum atomic E-state index is 4.70. The van der Waals surface area contributed by atoms with Crippen LogP contribution in [-0.4, -0.2) is 23.2 Å². The van der Waals surface area contributed by atoms with Gasteiger partial charge < -0.3 is 3.79 Å². The molecule has 0 aromatic heterocycles. The van der Waals surface area contributed by atoms with Gasteiger partial charge in [0, 0.05) is 6.61 Å². The molecular weight excluding hydrogens is 91.0 g/mol. The molecule has 0 aliphatic rings. The Morgan fingerprint density at radius 3 is 2.50 bits per heavy atom. The Kier molecular flexibility index (Phi) is 5.94. The van der Waals surface area contributed by atoms with Crippen molar-refractivity contribution in [3.8, 4) is 0 Å². The van der Waals surface area contributed by atoms with E-state index in [1.54, 1.807) is 0 Å². The molecular formula is C4H9AlO. The molecule has 0 aliphatic carbocycles. The summed E-state index contributed by atoms with van der Waals surface area (Å²) >= 11 is 2.23. The minimum Gasteiger partial charge on any atom is -0.516 e. The van der Waals surface area contributed by atoms with Gasteiger partial charge in [-0.05, 0) is 6.42 Å². The Morgan fingerprint density at radius 1 is 1.67 bits per heavy atom. The molecule has 0 rings (SSSR count). The molecule has 0 fully saturated rings. The summed E-state index contributed by atoms with van der Waals surface area (Å²) in [6.07, 6.45) is 2.39. The number of unbranched alkanes of at least 4 members (excludes halogenated alkanes) is 1. The highest BCUT2D eigenvalue weighted by Gasteiger charge is 1.73. The molecule has 6 heavy (non-hydrogen) atoms. The third kappa shape index (κ3) is 4.49. The first-order valence-electron chi connectivity index (χ1n) is 2.23. The summed E-state index contributed by atoms with van der Waals surface area (Å²) in [4.78, 5) is 0. The molecule has 0 saturated heterocycles. The van der Waals surface area contributed by atoms with Crippen LogP contribution in [-0.2, 0) is 3.79 Å². The lowest BCUT2D eigenvalue weighted by Crippen LogP contribution is -1.85. The van der Waals surface area contributed by atoms with E-state index in [1.807, 2.05) is 0 Å². The van der Waals surface area contributed by atoms with Crippen LogP contribution >= 0.6 is 0 Å². The highest BCUT2D eigenvalue weighted by Crippen LogP contribution is 1.82. The summed E-state index contributed by atoms with van der Waals surface area (Å²) in [7, 11) is 0. The summed E-state index contributed by atoms with van der Waals surface area (Å²) in [6, 6.07) is 0. The molecule has 0 amide bonds. The maximum Gasteiger partial charge on any atom is 0.369 e. The van der Waals surface area contributed by atoms with Crippen LogP contribution in [0.4, 0.5) is 0 Å². The van der Waals surface area contributed by atoms with Crippen molar-refractivity contribution in [2.24, 2.45) is 0 Å². The standard InChI is InChI=1S/C4H9O.Al/c1-2-3-4-5;/h2-4H2,1H3;/q-1;+1. The third-order valence-corrected chi connectivity index (χ3v) is 0.851. The van der Waals surface area contributed by atoms with Crippen LogP contribution in [0.15, 0.2) is 0 Å². The predicted molar refractivity (Wildman–Crippen MR) is 26.6 cm³/mol. The Bertz CT molecular complexity index is 19.5. The van der Waals surface area contributed by atoms with Crippen molar-refractivity contribution in [1.29, 1.82) is 0 Å². The van der Waals surface area contributed by atoms with Crippen LogP contribution in [0.5, 0.6) is 0 Å². The molecule has 0 aromatic carbocycles. The Balaban J connectivity index is 2.34. The van der Waals surface area contributed by atoms with Crippen molar-refractivity contribution in [1.82, 2.24) is 0 Å². The zero-order chi connectivity index (χ0) is 4.83. The lowest BCUT2D eigenvalue weighted by atomic mass is 10.4. The SMILES string of the molecule is CCCC[O][Al]. The second kappa shape index (κ2) is 5.49. The first-order valence-corrected chi connectivity index (χ1v) is 2.70. The number of hydrogen-bond donors (Lipinski definition) is 0. The molecule has 2 heteroatoms. The fraction of sp³-hybridized carbons (Fsp3) is 1.00. The van der Waals surface area contributed by atoms with Crippen LogP contribution in [0.1, 0.15) is 19.8 Å². The molecule has 34 valence electrons. The largest absolute Gasteiger partial charge is 0.516 e. The van der Waals surface area contributed by atoms with Crippen molar-refractivity contribution in [2.75, 3.05) is 6.61 Å². The van der Waals surface area contributed by atoms with Crippen molar-refractivity contribution in [3.05, 3.63) is 0 Å². The molecule has 0 aliphatic heterocycles. The van der Waals surface area contributed by atoms with Gasteiger partial charge in [0.2, 0.25) is 0 Å². The van der Waals surface area contributed by atoms with E-state index in [2.05, 4.69) is 23.5 Å². The topological polar surface area (TPSA) is 9.23 Å². The fourth-order valence-electron chi connectivity index (χ4n) is 0.228. The number of rotatable bonds is 3.